The summed E-state index contributed by atoms with van der Waals surface area (Å²) in [5.74, 6) is 0. The molecule has 0 aromatic rings. The zero-order valence-electron chi connectivity index (χ0n) is 70.5. The first-order chi connectivity index (χ1) is 63.9. The third kappa shape index (κ3) is 24.9. The van der Waals surface area contributed by atoms with Crippen LogP contribution in [0, 0.1) is 0 Å². The number of aliphatic hydroxyl groups is 42. The molecule has 0 bridgehead atoms. The fourth-order valence-electron chi connectivity index (χ4n) is 16.4. The van der Waals surface area contributed by atoms with Gasteiger partial charge in [-0.1, -0.05) is 0 Å². The van der Waals surface area contributed by atoms with Crippen LogP contribution in [0.2, 0.25) is 0 Å². The van der Waals surface area contributed by atoms with E-state index in [1.165, 1.54) is 0 Å². The molecular weight excluding hydrogens is 1870 g/mol. The fraction of sp³-hybridized carbons (Fsp3) is 1.00. The zero-order chi connectivity index (χ0) is 100.0. The van der Waals surface area contributed by atoms with Gasteiger partial charge in [-0.2, -0.15) is 0 Å². The first-order valence-electron chi connectivity index (χ1n) is 42.3. The summed E-state index contributed by atoms with van der Waals surface area (Å²) in [6.45, 7) is -10.1. The lowest BCUT2D eigenvalue weighted by atomic mass is 9.95. The molecule has 63 heteroatoms. The molecule has 0 saturated carbocycles. The standard InChI is InChI=1S/C30H52O26.C24H42O21.C18H32O16/c31-1-6-11(36)13(38)18(43)26(48-6)53-23-8(3-33)50-27(20(45)15(23)40)54-24-9(4-34)51-28(21(46)16(24)41)55-25-10(5-35)52-30(22(47)17(25)42)56-29-19(44)14(39)12(37)7(2-32)49-29;25-1-5-9(29)11(31)15(35)21(39-5)43-19-7(3-27)41-22(17(37)13(19)33)44-20-8(4-28)42-24(18(38)14(20)34)45-23-16(36)12(32)10(30)6(2-26)40-23;19-1-4-7(22)9(24)12(27)16(30-4)33-15-6(3-21)32-18(14(29)11(15)26)34-17-13(28)10(25)8(23)5(2-20)31-17/h6-47H,1-5H2;5-38H,1-4H2;4-29H,1-3H2. The van der Waals surface area contributed by atoms with E-state index >= 15 is 0 Å². The van der Waals surface area contributed by atoms with E-state index in [1.54, 1.807) is 0 Å². The predicted molar refractivity (Wildman–Crippen MR) is 402 cm³/mol. The van der Waals surface area contributed by atoms with E-state index in [9.17, 15) is 214 Å². The van der Waals surface area contributed by atoms with Crippen molar-refractivity contribution in [1.82, 2.24) is 0 Å². The van der Waals surface area contributed by atoms with Crippen LogP contribution in [0.3, 0.4) is 0 Å². The summed E-state index contributed by atoms with van der Waals surface area (Å²) in [4.78, 5) is 0. The lowest BCUT2D eigenvalue weighted by Crippen LogP contribution is -2.68. The van der Waals surface area contributed by atoms with E-state index in [0.29, 0.717) is 0 Å². The second kappa shape index (κ2) is 50.5. The highest BCUT2D eigenvalue weighted by molar-refractivity contribution is 5.04. The summed E-state index contributed by atoms with van der Waals surface area (Å²) in [5.41, 5.74) is 0. The third-order valence-corrected chi connectivity index (χ3v) is 24.6. The molecule has 0 aliphatic carbocycles. The van der Waals surface area contributed by atoms with Gasteiger partial charge in [0.15, 0.2) is 75.5 Å². The van der Waals surface area contributed by atoms with Crippen molar-refractivity contribution in [1.29, 1.82) is 0 Å². The number of hydrogen-bond donors (Lipinski definition) is 42. The average Bonchev–Trinajstić information content (AvgIpc) is 0.768. The van der Waals surface area contributed by atoms with Crippen LogP contribution >= 0.6 is 0 Å². The molecule has 60 atom stereocenters. The maximum atomic E-state index is 11.1. The normalized spacial score (nSPS) is 52.9. The average molecular weight is 2000 g/mol. The van der Waals surface area contributed by atoms with E-state index in [1.807, 2.05) is 0 Å². The minimum Gasteiger partial charge on any atom is -0.394 e. The van der Waals surface area contributed by atoms with Gasteiger partial charge < -0.3 is 314 Å². The molecule has 12 heterocycles. The smallest absolute Gasteiger partial charge is 0.189 e. The highest BCUT2D eigenvalue weighted by Gasteiger charge is 2.62. The minimum absolute atomic E-state index is 0.740. The Morgan fingerprint density at radius 2 is 0.193 bits per heavy atom. The molecule has 0 spiro atoms. The van der Waals surface area contributed by atoms with Crippen LogP contribution in [0.25, 0.3) is 0 Å². The summed E-state index contributed by atoms with van der Waals surface area (Å²) < 4.78 is 113. The number of ether oxygens (including phenoxy) is 21. The van der Waals surface area contributed by atoms with Gasteiger partial charge in [0.1, 0.15) is 293 Å². The van der Waals surface area contributed by atoms with Crippen LogP contribution < -0.4 is 0 Å². The third-order valence-electron chi connectivity index (χ3n) is 24.6. The molecule has 12 rings (SSSR count). The Balaban J connectivity index is 0.000000216. The van der Waals surface area contributed by atoms with E-state index < -0.39 is 448 Å². The quantitative estimate of drug-likeness (QED) is 0.0318. The highest BCUT2D eigenvalue weighted by Crippen LogP contribution is 2.41. The molecule has 42 N–H and O–H groups in total. The van der Waals surface area contributed by atoms with Gasteiger partial charge >= 0.3 is 0 Å². The molecular formula is C72H126O63. The molecule has 12 fully saturated rings. The highest BCUT2D eigenvalue weighted by atomic mass is 16.8. The van der Waals surface area contributed by atoms with Crippen LogP contribution in [0.4, 0.5) is 0 Å². The van der Waals surface area contributed by atoms with Crippen molar-refractivity contribution in [2.45, 2.75) is 368 Å². The van der Waals surface area contributed by atoms with Crippen molar-refractivity contribution in [3.8, 4) is 0 Å². The molecule has 63 nitrogen and oxygen atoms in total. The van der Waals surface area contributed by atoms with Gasteiger partial charge in [-0.05, 0) is 0 Å². The zero-order valence-corrected chi connectivity index (χ0v) is 70.5. The van der Waals surface area contributed by atoms with Crippen molar-refractivity contribution < 1.29 is 314 Å². The van der Waals surface area contributed by atoms with E-state index in [4.69, 9.17) is 99.5 Å². The van der Waals surface area contributed by atoms with Crippen molar-refractivity contribution in [3.63, 3.8) is 0 Å². The van der Waals surface area contributed by atoms with Gasteiger partial charge in [0.25, 0.3) is 0 Å². The molecule has 12 saturated heterocycles. The summed E-state index contributed by atoms with van der Waals surface area (Å²) in [6.07, 6.45) is -106. The van der Waals surface area contributed by atoms with Crippen LogP contribution in [0.5, 0.6) is 0 Å². The second-order valence-electron chi connectivity index (χ2n) is 33.4. The van der Waals surface area contributed by atoms with Crippen molar-refractivity contribution >= 4 is 0 Å². The van der Waals surface area contributed by atoms with E-state index in [0.717, 1.165) is 0 Å². The number of rotatable bonds is 30. The molecule has 0 aromatic heterocycles. The second-order valence-corrected chi connectivity index (χ2v) is 33.4. The Morgan fingerprint density at radius 3 is 0.296 bits per heavy atom. The van der Waals surface area contributed by atoms with Crippen LogP contribution in [-0.2, 0) is 99.5 Å². The molecule has 0 aromatic carbocycles. The fourth-order valence-corrected chi connectivity index (χ4v) is 16.4. The van der Waals surface area contributed by atoms with Crippen LogP contribution in [0.1, 0.15) is 0 Å². The van der Waals surface area contributed by atoms with Crippen molar-refractivity contribution in [2.75, 3.05) is 79.3 Å². The van der Waals surface area contributed by atoms with Crippen LogP contribution in [0.15, 0.2) is 0 Å². The van der Waals surface area contributed by atoms with E-state index in [2.05, 4.69) is 0 Å². The Hall–Kier alpha value is -2.52. The lowest BCUT2D eigenvalue weighted by molar-refractivity contribution is -0.399. The molecule has 12 aliphatic rings. The summed E-state index contributed by atoms with van der Waals surface area (Å²) in [6, 6.07) is 0. The Bertz CT molecular complexity index is 3410. The van der Waals surface area contributed by atoms with Gasteiger partial charge in [0.05, 0.1) is 79.3 Å². The Labute approximate surface area is 759 Å². The summed E-state index contributed by atoms with van der Waals surface area (Å²) >= 11 is 0. The number of aliphatic hydroxyl groups excluding tert-OH is 42. The molecule has 0 amide bonds. The van der Waals surface area contributed by atoms with Crippen molar-refractivity contribution in [2.24, 2.45) is 0 Å². The van der Waals surface area contributed by atoms with Gasteiger partial charge in [-0.15, -0.1) is 0 Å². The monoisotopic (exact) mass is 2000 g/mol. The van der Waals surface area contributed by atoms with Gasteiger partial charge in [0.2, 0.25) is 0 Å². The largest absolute Gasteiger partial charge is 0.394 e. The summed E-state index contributed by atoms with van der Waals surface area (Å²) in [7, 11) is 0. The Morgan fingerprint density at radius 1 is 0.104 bits per heavy atom. The number of hydrogen-bond acceptors (Lipinski definition) is 63. The molecule has 792 valence electrons. The maximum Gasteiger partial charge on any atom is 0.189 e. The predicted octanol–water partition coefficient (Wildman–Crippen LogP) is -29.2. The van der Waals surface area contributed by atoms with Crippen molar-refractivity contribution in [3.05, 3.63) is 0 Å². The van der Waals surface area contributed by atoms with Gasteiger partial charge in [-0.25, -0.2) is 0 Å². The molecule has 135 heavy (non-hydrogen) atoms. The first-order valence-corrected chi connectivity index (χ1v) is 42.3. The molecule has 12 aliphatic heterocycles. The topological polar surface area (TPSA) is 1040 Å². The maximum absolute atomic E-state index is 11.1. The lowest BCUT2D eigenvalue weighted by Gasteiger charge is -2.49. The van der Waals surface area contributed by atoms with Gasteiger partial charge in [-0.3, -0.25) is 0 Å². The van der Waals surface area contributed by atoms with E-state index in [-0.39, 0.29) is 0 Å². The minimum atomic E-state index is -2.11. The van der Waals surface area contributed by atoms with Crippen LogP contribution in [-0.4, -0.2) is 662 Å². The first kappa shape index (κ1) is 114. The Kier molecular flexibility index (Phi) is 42.8. The molecule has 0 radical (unpaired) electrons. The SMILES string of the molecule is OCC1OC(OC2OC(CO)C(OC3OC(CO)C(O)C(O)C3O)C(O)C2O)C(O)C(O)C1O.OCC1OC(OC2OC(CO)C(OC3OC(CO)C(OC4OC(CO)C(O)C(O)C4O)C(O)C3O)C(O)C2O)C(O)C(O)C1O.OCC1OC(OC2OC(CO)C(OC3OC(CO)C(OC4OC(CO)C(OC5OC(CO)C(O)C(O)C5O)C(O)C4O)C(O)C3O)C(O)C2O)C(O)C(O)C1O. The molecule has 60 unspecified atom stereocenters. The van der Waals surface area contributed by atoms with Gasteiger partial charge in [0, 0.05) is 0 Å². The summed E-state index contributed by atoms with van der Waals surface area (Å²) in [5, 5.41) is 426.